The molecule has 1 atom stereocenters. The lowest BCUT2D eigenvalue weighted by Gasteiger charge is -2.06. The topological polar surface area (TPSA) is 46.5 Å². The first-order chi connectivity index (χ1) is 5.66. The van der Waals surface area contributed by atoms with Gasteiger partial charge in [0.25, 0.3) is 0 Å². The van der Waals surface area contributed by atoms with Crippen LogP contribution in [0.5, 0.6) is 0 Å². The van der Waals surface area contributed by atoms with Crippen molar-refractivity contribution in [3.05, 3.63) is 12.2 Å². The second-order valence-corrected chi connectivity index (χ2v) is 2.63. The summed E-state index contributed by atoms with van der Waals surface area (Å²) in [5.41, 5.74) is 0. The minimum absolute atomic E-state index is 0.104. The summed E-state index contributed by atoms with van der Waals surface area (Å²) in [6.07, 6.45) is 4.66. The van der Waals surface area contributed by atoms with E-state index in [0.717, 1.165) is 18.9 Å². The van der Waals surface area contributed by atoms with Crippen molar-refractivity contribution in [1.82, 2.24) is 0 Å². The summed E-state index contributed by atoms with van der Waals surface area (Å²) in [5.74, 6) is -0.930. The predicted octanol–water partition coefficient (Wildman–Crippen LogP) is 1.83. The third-order valence-corrected chi connectivity index (χ3v) is 1.39. The van der Waals surface area contributed by atoms with E-state index in [1.807, 2.05) is 6.92 Å². The van der Waals surface area contributed by atoms with Crippen molar-refractivity contribution in [2.75, 3.05) is 6.61 Å². The predicted molar refractivity (Wildman–Crippen MR) is 47.1 cm³/mol. The maximum atomic E-state index is 10.1. The van der Waals surface area contributed by atoms with Gasteiger partial charge < -0.3 is 9.84 Å². The SMILES string of the molecule is CCCCOC(C)C=CC(=O)O. The van der Waals surface area contributed by atoms with Crippen LogP contribution in [-0.4, -0.2) is 23.8 Å². The first-order valence-electron chi connectivity index (χ1n) is 4.19. The van der Waals surface area contributed by atoms with Gasteiger partial charge in [-0.1, -0.05) is 13.3 Å². The molecule has 70 valence electrons. The first-order valence-corrected chi connectivity index (χ1v) is 4.19. The second-order valence-electron chi connectivity index (χ2n) is 2.63. The van der Waals surface area contributed by atoms with E-state index in [-0.39, 0.29) is 6.10 Å². The zero-order valence-electron chi connectivity index (χ0n) is 7.62. The number of ether oxygens (including phenoxy) is 1. The molecule has 0 aliphatic heterocycles. The lowest BCUT2D eigenvalue weighted by Crippen LogP contribution is -2.06. The Hall–Kier alpha value is -0.830. The fraction of sp³-hybridized carbons (Fsp3) is 0.667. The van der Waals surface area contributed by atoms with Crippen molar-refractivity contribution in [2.45, 2.75) is 32.8 Å². The Balaban J connectivity index is 3.45. The molecule has 0 amide bonds. The Kier molecular flexibility index (Phi) is 6.38. The van der Waals surface area contributed by atoms with E-state index in [4.69, 9.17) is 9.84 Å². The normalized spacial score (nSPS) is 13.5. The van der Waals surface area contributed by atoms with Crippen LogP contribution in [0, 0.1) is 0 Å². The van der Waals surface area contributed by atoms with Gasteiger partial charge in [0.15, 0.2) is 0 Å². The van der Waals surface area contributed by atoms with Crippen LogP contribution < -0.4 is 0 Å². The van der Waals surface area contributed by atoms with Gasteiger partial charge in [0.1, 0.15) is 0 Å². The quantitative estimate of drug-likeness (QED) is 0.491. The number of unbranched alkanes of at least 4 members (excludes halogenated alkanes) is 1. The number of hydrogen-bond donors (Lipinski definition) is 1. The van der Waals surface area contributed by atoms with E-state index < -0.39 is 5.97 Å². The molecule has 0 aromatic rings. The molecule has 0 aromatic heterocycles. The summed E-state index contributed by atoms with van der Waals surface area (Å²) >= 11 is 0. The lowest BCUT2D eigenvalue weighted by atomic mass is 10.3. The molecule has 0 saturated heterocycles. The monoisotopic (exact) mass is 172 g/mol. The molecule has 12 heavy (non-hydrogen) atoms. The van der Waals surface area contributed by atoms with E-state index >= 15 is 0 Å². The Morgan fingerprint density at radius 2 is 2.33 bits per heavy atom. The molecule has 0 aliphatic rings. The molecule has 0 bridgehead atoms. The van der Waals surface area contributed by atoms with Crippen LogP contribution in [0.3, 0.4) is 0 Å². The van der Waals surface area contributed by atoms with Gasteiger partial charge in [-0.3, -0.25) is 0 Å². The van der Waals surface area contributed by atoms with E-state index in [0.29, 0.717) is 6.61 Å². The average Bonchev–Trinajstić information content (AvgIpc) is 2.01. The molecule has 0 radical (unpaired) electrons. The Morgan fingerprint density at radius 3 is 2.83 bits per heavy atom. The molecule has 0 fully saturated rings. The van der Waals surface area contributed by atoms with Gasteiger partial charge in [-0.15, -0.1) is 0 Å². The summed E-state index contributed by atoms with van der Waals surface area (Å²) < 4.78 is 5.28. The van der Waals surface area contributed by atoms with E-state index in [9.17, 15) is 4.79 Å². The molecule has 1 unspecified atom stereocenters. The molecule has 1 N–H and O–H groups in total. The van der Waals surface area contributed by atoms with Crippen molar-refractivity contribution in [1.29, 1.82) is 0 Å². The highest BCUT2D eigenvalue weighted by Crippen LogP contribution is 1.96. The first kappa shape index (κ1) is 11.2. The highest BCUT2D eigenvalue weighted by Gasteiger charge is 1.96. The average molecular weight is 172 g/mol. The number of aliphatic carboxylic acids is 1. The molecule has 0 aliphatic carbocycles. The van der Waals surface area contributed by atoms with Gasteiger partial charge in [-0.05, 0) is 19.4 Å². The van der Waals surface area contributed by atoms with Crippen LogP contribution in [0.1, 0.15) is 26.7 Å². The van der Waals surface area contributed by atoms with Crippen molar-refractivity contribution >= 4 is 5.97 Å². The Labute approximate surface area is 73.0 Å². The molecule has 0 spiro atoms. The highest BCUT2D eigenvalue weighted by atomic mass is 16.5. The van der Waals surface area contributed by atoms with Gasteiger partial charge in [-0.25, -0.2) is 4.79 Å². The number of rotatable bonds is 6. The number of carboxylic acids is 1. The van der Waals surface area contributed by atoms with Crippen LogP contribution in [0.2, 0.25) is 0 Å². The summed E-state index contributed by atoms with van der Waals surface area (Å²) in [7, 11) is 0. The second kappa shape index (κ2) is 6.85. The van der Waals surface area contributed by atoms with E-state index in [1.54, 1.807) is 0 Å². The fourth-order valence-electron chi connectivity index (χ4n) is 0.687. The van der Waals surface area contributed by atoms with Gasteiger partial charge in [0.2, 0.25) is 0 Å². The minimum atomic E-state index is -0.930. The maximum absolute atomic E-state index is 10.1. The molecule has 0 heterocycles. The summed E-state index contributed by atoms with van der Waals surface area (Å²) in [6, 6.07) is 0. The lowest BCUT2D eigenvalue weighted by molar-refractivity contribution is -0.131. The summed E-state index contributed by atoms with van der Waals surface area (Å²) in [6.45, 7) is 4.61. The zero-order chi connectivity index (χ0) is 9.40. The van der Waals surface area contributed by atoms with E-state index in [2.05, 4.69) is 6.92 Å². The largest absolute Gasteiger partial charge is 0.478 e. The van der Waals surface area contributed by atoms with Crippen LogP contribution in [0.25, 0.3) is 0 Å². The maximum Gasteiger partial charge on any atom is 0.328 e. The van der Waals surface area contributed by atoms with Crippen LogP contribution >= 0.6 is 0 Å². The van der Waals surface area contributed by atoms with Gasteiger partial charge >= 0.3 is 5.97 Å². The van der Waals surface area contributed by atoms with Crippen LogP contribution in [0.4, 0.5) is 0 Å². The molecule has 3 nitrogen and oxygen atoms in total. The third-order valence-electron chi connectivity index (χ3n) is 1.39. The highest BCUT2D eigenvalue weighted by molar-refractivity contribution is 5.79. The smallest absolute Gasteiger partial charge is 0.328 e. The van der Waals surface area contributed by atoms with Crippen molar-refractivity contribution in [3.63, 3.8) is 0 Å². The fourth-order valence-corrected chi connectivity index (χ4v) is 0.687. The zero-order valence-corrected chi connectivity index (χ0v) is 7.62. The van der Waals surface area contributed by atoms with Crippen LogP contribution in [0.15, 0.2) is 12.2 Å². The van der Waals surface area contributed by atoms with Crippen molar-refractivity contribution < 1.29 is 14.6 Å². The standard InChI is InChI=1S/C9H16O3/c1-3-4-7-12-8(2)5-6-9(10)11/h5-6,8H,3-4,7H2,1-2H3,(H,10,11). The molecular formula is C9H16O3. The third kappa shape index (κ3) is 7.28. The minimum Gasteiger partial charge on any atom is -0.478 e. The molecular weight excluding hydrogens is 156 g/mol. The van der Waals surface area contributed by atoms with E-state index in [1.165, 1.54) is 6.08 Å². The molecule has 0 saturated carbocycles. The number of hydrogen-bond acceptors (Lipinski definition) is 2. The molecule has 0 rings (SSSR count). The van der Waals surface area contributed by atoms with Crippen molar-refractivity contribution in [3.8, 4) is 0 Å². The molecule has 0 aromatic carbocycles. The van der Waals surface area contributed by atoms with Crippen LogP contribution in [-0.2, 0) is 9.53 Å². The summed E-state index contributed by atoms with van der Waals surface area (Å²) in [4.78, 5) is 10.1. The van der Waals surface area contributed by atoms with Crippen molar-refractivity contribution in [2.24, 2.45) is 0 Å². The number of carbonyl (C=O) groups is 1. The Bertz CT molecular complexity index is 152. The summed E-state index contributed by atoms with van der Waals surface area (Å²) in [5, 5.41) is 8.29. The molecule has 3 heteroatoms. The van der Waals surface area contributed by atoms with Gasteiger partial charge in [-0.2, -0.15) is 0 Å². The van der Waals surface area contributed by atoms with Gasteiger partial charge in [0, 0.05) is 12.7 Å². The van der Waals surface area contributed by atoms with Gasteiger partial charge in [0.05, 0.1) is 6.10 Å². The number of carboxylic acid groups (broad SMARTS) is 1. The Morgan fingerprint density at radius 1 is 1.67 bits per heavy atom.